The molecular formula is C8H7ClFN5OS. The van der Waals surface area contributed by atoms with Crippen molar-refractivity contribution >= 4 is 29.2 Å². The lowest BCUT2D eigenvalue weighted by Gasteiger charge is -2.08. The molecule has 0 radical (unpaired) electrons. The Kier molecular flexibility index (Phi) is 3.34. The number of tetrazole rings is 1. The van der Waals surface area contributed by atoms with Crippen LogP contribution in [0, 0.1) is 5.82 Å². The third-order valence-corrected chi connectivity index (χ3v) is 2.69. The second kappa shape index (κ2) is 4.76. The third-order valence-electron chi connectivity index (χ3n) is 1.95. The van der Waals surface area contributed by atoms with Crippen LogP contribution in [0.3, 0.4) is 0 Å². The molecule has 0 saturated heterocycles. The number of aromatic nitrogens is 4. The second-order valence-electron chi connectivity index (χ2n) is 3.01. The molecule has 0 saturated carbocycles. The Morgan fingerprint density at radius 1 is 1.59 bits per heavy atom. The zero-order valence-electron chi connectivity index (χ0n) is 8.57. The van der Waals surface area contributed by atoms with Gasteiger partial charge in [0.1, 0.15) is 5.69 Å². The van der Waals surface area contributed by atoms with E-state index in [4.69, 9.17) is 11.6 Å². The van der Waals surface area contributed by atoms with Gasteiger partial charge in [-0.3, -0.25) is 0 Å². The van der Waals surface area contributed by atoms with Crippen molar-refractivity contribution in [3.05, 3.63) is 33.5 Å². The van der Waals surface area contributed by atoms with Gasteiger partial charge in [-0.05, 0) is 22.6 Å². The molecule has 0 amide bonds. The van der Waals surface area contributed by atoms with Crippen LogP contribution in [-0.4, -0.2) is 26.5 Å². The highest BCUT2D eigenvalue weighted by molar-refractivity contribution is 7.99. The van der Waals surface area contributed by atoms with E-state index in [9.17, 15) is 9.18 Å². The predicted molar refractivity (Wildman–Crippen MR) is 64.1 cm³/mol. The summed E-state index contributed by atoms with van der Waals surface area (Å²) >= 11 is 7.13. The van der Waals surface area contributed by atoms with E-state index >= 15 is 0 Å². The van der Waals surface area contributed by atoms with Gasteiger partial charge in [0.05, 0.1) is 10.7 Å². The molecule has 9 heteroatoms. The monoisotopic (exact) mass is 275 g/mol. The van der Waals surface area contributed by atoms with Crippen LogP contribution in [0.1, 0.15) is 0 Å². The highest BCUT2D eigenvalue weighted by atomic mass is 35.5. The molecule has 2 aromatic rings. The molecule has 90 valence electrons. The number of halogens is 2. The van der Waals surface area contributed by atoms with Crippen LogP contribution >= 0.6 is 23.5 Å². The molecule has 0 atom stereocenters. The van der Waals surface area contributed by atoms with E-state index < -0.39 is 11.5 Å². The molecule has 0 fully saturated rings. The van der Waals surface area contributed by atoms with Gasteiger partial charge in [-0.2, -0.15) is 4.68 Å². The molecule has 17 heavy (non-hydrogen) atoms. The highest BCUT2D eigenvalue weighted by Gasteiger charge is 2.13. The lowest BCUT2D eigenvalue weighted by Crippen LogP contribution is -2.17. The fourth-order valence-corrected chi connectivity index (χ4v) is 1.89. The Bertz CT molecular complexity index is 598. The molecule has 0 unspecified atom stereocenters. The van der Waals surface area contributed by atoms with Crippen LogP contribution in [-0.2, 0) is 0 Å². The Hall–Kier alpha value is -1.54. The molecule has 0 spiro atoms. The first-order valence-electron chi connectivity index (χ1n) is 4.42. The minimum atomic E-state index is -0.655. The number of aromatic amines is 1. The maximum Gasteiger partial charge on any atom is 0.365 e. The summed E-state index contributed by atoms with van der Waals surface area (Å²) in [6, 6.07) is 2.49. The topological polar surface area (TPSA) is 75.6 Å². The molecule has 0 aliphatic heterocycles. The number of H-pyrrole nitrogens is 1. The number of hydrogen-bond acceptors (Lipinski definition) is 5. The third kappa shape index (κ3) is 2.27. The molecular weight excluding hydrogens is 269 g/mol. The number of nitrogens with zero attached hydrogens (tertiary/aromatic N) is 3. The van der Waals surface area contributed by atoms with Gasteiger partial charge in [0.25, 0.3) is 0 Å². The summed E-state index contributed by atoms with van der Waals surface area (Å²) in [6.07, 6.45) is 1.79. The largest absolute Gasteiger partial charge is 0.365 e. The fraction of sp³-hybridized carbons (Fsp3) is 0.125. The second-order valence-corrected chi connectivity index (χ2v) is 4.03. The smallest absolute Gasteiger partial charge is 0.329 e. The predicted octanol–water partition coefficient (Wildman–Crippen LogP) is 1.44. The van der Waals surface area contributed by atoms with Crippen molar-refractivity contribution in [1.82, 2.24) is 20.2 Å². The summed E-state index contributed by atoms with van der Waals surface area (Å²) in [7, 11) is 0. The Balaban J connectivity index is 2.58. The number of hydrogen-bond donors (Lipinski definition) is 2. The molecule has 0 bridgehead atoms. The minimum Gasteiger partial charge on any atom is -0.329 e. The zero-order chi connectivity index (χ0) is 12.4. The molecule has 0 aliphatic rings. The van der Waals surface area contributed by atoms with Crippen molar-refractivity contribution in [2.75, 3.05) is 11.0 Å². The molecule has 2 N–H and O–H groups in total. The molecule has 1 aromatic carbocycles. The lowest BCUT2D eigenvalue weighted by atomic mass is 10.2. The van der Waals surface area contributed by atoms with Gasteiger partial charge in [0, 0.05) is 6.26 Å². The highest BCUT2D eigenvalue weighted by Crippen LogP contribution is 2.28. The summed E-state index contributed by atoms with van der Waals surface area (Å²) < 4.78 is 17.3. The van der Waals surface area contributed by atoms with Crippen molar-refractivity contribution in [2.45, 2.75) is 0 Å². The van der Waals surface area contributed by atoms with E-state index in [1.54, 1.807) is 6.26 Å². The standard InChI is InChI=1S/C8H7ClFN5OS/c1-17-12-6-3-7(5(10)2-4(6)9)15-8(16)11-13-14-15/h2-3,12H,1H3,(H,11,14,16). The SMILES string of the molecule is CSNc1cc(-n2nn[nH]c2=O)c(F)cc1Cl. The first kappa shape index (κ1) is 11.9. The molecule has 6 nitrogen and oxygen atoms in total. The Labute approximate surface area is 104 Å². The van der Waals surface area contributed by atoms with Gasteiger partial charge in [-0.1, -0.05) is 23.5 Å². The van der Waals surface area contributed by atoms with E-state index in [-0.39, 0.29) is 10.7 Å². The van der Waals surface area contributed by atoms with E-state index in [0.717, 1.165) is 10.7 Å². The average molecular weight is 276 g/mol. The molecule has 1 heterocycles. The van der Waals surface area contributed by atoms with Gasteiger partial charge < -0.3 is 4.72 Å². The molecule has 0 aliphatic carbocycles. The number of anilines is 1. The van der Waals surface area contributed by atoms with Crippen LogP contribution in [0.5, 0.6) is 0 Å². The van der Waals surface area contributed by atoms with Crippen molar-refractivity contribution in [3.8, 4) is 5.69 Å². The maximum absolute atomic E-state index is 13.7. The van der Waals surface area contributed by atoms with Crippen molar-refractivity contribution in [3.63, 3.8) is 0 Å². The Morgan fingerprint density at radius 2 is 2.35 bits per heavy atom. The van der Waals surface area contributed by atoms with E-state index in [1.807, 2.05) is 0 Å². The van der Waals surface area contributed by atoms with Crippen molar-refractivity contribution in [1.29, 1.82) is 0 Å². The van der Waals surface area contributed by atoms with Crippen LogP contribution in [0.2, 0.25) is 5.02 Å². The van der Waals surface area contributed by atoms with Crippen molar-refractivity contribution in [2.24, 2.45) is 0 Å². The first-order valence-corrected chi connectivity index (χ1v) is 6.02. The van der Waals surface area contributed by atoms with E-state index in [0.29, 0.717) is 5.69 Å². The van der Waals surface area contributed by atoms with Gasteiger partial charge in [-0.15, -0.1) is 0 Å². The van der Waals surface area contributed by atoms with Crippen LogP contribution in [0.25, 0.3) is 5.69 Å². The summed E-state index contributed by atoms with van der Waals surface area (Å²) in [4.78, 5) is 11.3. The van der Waals surface area contributed by atoms with E-state index in [2.05, 4.69) is 20.2 Å². The minimum absolute atomic E-state index is 0.0234. The van der Waals surface area contributed by atoms with Crippen molar-refractivity contribution < 1.29 is 4.39 Å². The Morgan fingerprint density at radius 3 is 2.94 bits per heavy atom. The molecule has 2 rings (SSSR count). The van der Waals surface area contributed by atoms with Gasteiger partial charge in [0.2, 0.25) is 0 Å². The van der Waals surface area contributed by atoms with Crippen LogP contribution in [0.15, 0.2) is 16.9 Å². The van der Waals surface area contributed by atoms with Crippen LogP contribution < -0.4 is 10.4 Å². The summed E-state index contributed by atoms with van der Waals surface area (Å²) in [5.41, 5.74) is -0.156. The fourth-order valence-electron chi connectivity index (χ4n) is 1.24. The first-order chi connectivity index (χ1) is 8.13. The number of nitrogens with one attached hydrogen (secondary N) is 2. The molecule has 1 aromatic heterocycles. The van der Waals surface area contributed by atoms with Gasteiger partial charge in [-0.25, -0.2) is 14.3 Å². The number of rotatable bonds is 3. The van der Waals surface area contributed by atoms with Gasteiger partial charge >= 0.3 is 5.69 Å². The van der Waals surface area contributed by atoms with Crippen LogP contribution in [0.4, 0.5) is 10.1 Å². The summed E-state index contributed by atoms with van der Waals surface area (Å²) in [5, 5.41) is 9.05. The summed E-state index contributed by atoms with van der Waals surface area (Å²) in [6.45, 7) is 0. The summed E-state index contributed by atoms with van der Waals surface area (Å²) in [5.74, 6) is -0.655. The van der Waals surface area contributed by atoms with E-state index in [1.165, 1.54) is 18.0 Å². The number of benzene rings is 1. The van der Waals surface area contributed by atoms with Gasteiger partial charge in [0.15, 0.2) is 5.82 Å². The quantitative estimate of drug-likeness (QED) is 0.829. The maximum atomic E-state index is 13.7. The zero-order valence-corrected chi connectivity index (χ0v) is 10.1. The average Bonchev–Trinajstić information content (AvgIpc) is 2.69. The lowest BCUT2D eigenvalue weighted by molar-refractivity contribution is 0.605. The normalized spacial score (nSPS) is 10.5.